The first-order chi connectivity index (χ1) is 17.3. The molecule has 2 aromatic carbocycles. The first kappa shape index (κ1) is 24.8. The van der Waals surface area contributed by atoms with Crippen LogP contribution in [0.4, 0.5) is 11.4 Å². The number of morpholine rings is 1. The van der Waals surface area contributed by atoms with Gasteiger partial charge in [0.25, 0.3) is 11.8 Å². The number of benzene rings is 2. The summed E-state index contributed by atoms with van der Waals surface area (Å²) in [7, 11) is 5.01. The molecule has 5 rings (SSSR count). The van der Waals surface area contributed by atoms with E-state index in [2.05, 4.69) is 15.5 Å². The van der Waals surface area contributed by atoms with Crippen LogP contribution in [0.1, 0.15) is 17.5 Å². The minimum atomic E-state index is -1.40. The fraction of sp³-hybridized carbons (Fsp3) is 0.462. The normalized spacial score (nSPS) is 29.6. The van der Waals surface area contributed by atoms with Crippen molar-refractivity contribution in [3.05, 3.63) is 52.5 Å². The molecule has 10 heteroatoms. The van der Waals surface area contributed by atoms with Crippen molar-refractivity contribution in [3.8, 4) is 5.75 Å². The Kier molecular flexibility index (Phi) is 6.36. The van der Waals surface area contributed by atoms with E-state index in [0.29, 0.717) is 40.8 Å². The summed E-state index contributed by atoms with van der Waals surface area (Å²) in [5.74, 6) is -0.00548. The molecule has 2 amide bonds. The Hall–Kier alpha value is -2.85. The Morgan fingerprint density at radius 2 is 2.00 bits per heavy atom. The van der Waals surface area contributed by atoms with Crippen LogP contribution < -0.4 is 20.3 Å². The maximum absolute atomic E-state index is 14.3. The molecule has 192 valence electrons. The summed E-state index contributed by atoms with van der Waals surface area (Å²) >= 11 is 6.49. The number of likely N-dealkylation sites (tertiary alicyclic amines) is 1. The lowest BCUT2D eigenvalue weighted by atomic mass is 9.78. The molecular formula is C26H32ClN4O5+. The van der Waals surface area contributed by atoms with E-state index in [-0.39, 0.29) is 29.3 Å². The monoisotopic (exact) mass is 515 g/mol. The number of hydrogen-bond donors (Lipinski definition) is 3. The van der Waals surface area contributed by atoms with Crippen molar-refractivity contribution in [2.24, 2.45) is 0 Å². The van der Waals surface area contributed by atoms with Gasteiger partial charge in [0, 0.05) is 37.3 Å². The molecule has 0 saturated carbocycles. The van der Waals surface area contributed by atoms with Gasteiger partial charge >= 0.3 is 0 Å². The van der Waals surface area contributed by atoms with Crippen LogP contribution in [0, 0.1) is 0 Å². The number of aliphatic hydroxyl groups is 1. The Bertz CT molecular complexity index is 1200. The van der Waals surface area contributed by atoms with Gasteiger partial charge in [-0.25, -0.2) is 0 Å². The number of halogens is 1. The van der Waals surface area contributed by atoms with Crippen LogP contribution in [0.5, 0.6) is 5.75 Å². The number of fused-ring (bicyclic) bond motifs is 1. The molecule has 36 heavy (non-hydrogen) atoms. The zero-order valence-electron chi connectivity index (χ0n) is 20.7. The van der Waals surface area contributed by atoms with Crippen LogP contribution in [-0.4, -0.2) is 87.6 Å². The van der Waals surface area contributed by atoms with E-state index in [1.165, 1.54) is 0 Å². The minimum Gasteiger partial charge on any atom is -0.496 e. The van der Waals surface area contributed by atoms with Crippen molar-refractivity contribution in [2.45, 2.75) is 24.1 Å². The zero-order valence-corrected chi connectivity index (χ0v) is 21.5. The molecule has 3 aliphatic rings. The highest BCUT2D eigenvalue weighted by atomic mass is 35.5. The van der Waals surface area contributed by atoms with E-state index >= 15 is 0 Å². The summed E-state index contributed by atoms with van der Waals surface area (Å²) in [4.78, 5) is 29.7. The van der Waals surface area contributed by atoms with Crippen molar-refractivity contribution in [2.75, 3.05) is 64.3 Å². The molecular weight excluding hydrogens is 484 g/mol. The van der Waals surface area contributed by atoms with E-state index in [4.69, 9.17) is 21.1 Å². The second-order valence-electron chi connectivity index (χ2n) is 9.81. The lowest BCUT2D eigenvalue weighted by molar-refractivity contribution is -0.953. The van der Waals surface area contributed by atoms with Crippen molar-refractivity contribution >= 4 is 34.8 Å². The van der Waals surface area contributed by atoms with Gasteiger partial charge in [-0.2, -0.15) is 0 Å². The molecule has 4 atom stereocenters. The third-order valence-electron chi connectivity index (χ3n) is 7.99. The van der Waals surface area contributed by atoms with Crippen LogP contribution in [0.3, 0.4) is 0 Å². The number of nitrogens with one attached hydrogen (secondary N) is 2. The maximum atomic E-state index is 14.3. The highest BCUT2D eigenvalue weighted by molar-refractivity contribution is 6.31. The van der Waals surface area contributed by atoms with Gasteiger partial charge in [-0.3, -0.25) is 14.1 Å². The van der Waals surface area contributed by atoms with E-state index in [0.717, 1.165) is 18.8 Å². The average Bonchev–Trinajstić information content (AvgIpc) is 3.36. The molecule has 0 aromatic heterocycles. The number of methoxy groups -OCH3 is 1. The molecule has 2 unspecified atom stereocenters. The number of hydrogen-bond acceptors (Lipinski definition) is 6. The minimum absolute atomic E-state index is 0.0596. The van der Waals surface area contributed by atoms with Gasteiger partial charge in [-0.15, -0.1) is 0 Å². The number of likely N-dealkylation sites (N-methyl/N-ethyl adjacent to an activating group) is 2. The Balaban J connectivity index is 1.83. The number of carbonyl (C=O) groups excluding carboxylic acids is 2. The summed E-state index contributed by atoms with van der Waals surface area (Å²) in [6.45, 7) is 2.87. The third kappa shape index (κ3) is 3.56. The predicted octanol–water partition coefficient (Wildman–Crippen LogP) is 1.71. The SMILES string of the molecule is CNC(=O)[C@@H]1C[C@@H](O)C[N+]1(C)C1(c2cc(N3CCOCC3)ccc2OC)C(=O)Nc2ccc(Cl)cc21. The number of amides is 2. The molecule has 0 radical (unpaired) electrons. The van der Waals surface area contributed by atoms with Crippen LogP contribution >= 0.6 is 11.6 Å². The van der Waals surface area contributed by atoms with E-state index in [1.54, 1.807) is 32.4 Å². The smallest absolute Gasteiger partial charge is 0.295 e. The maximum Gasteiger partial charge on any atom is 0.295 e. The highest BCUT2D eigenvalue weighted by Gasteiger charge is 2.69. The molecule has 3 heterocycles. The fourth-order valence-corrected chi connectivity index (χ4v) is 6.51. The number of anilines is 2. The van der Waals surface area contributed by atoms with Gasteiger partial charge in [0.1, 0.15) is 18.4 Å². The van der Waals surface area contributed by atoms with Crippen molar-refractivity contribution in [3.63, 3.8) is 0 Å². The van der Waals surface area contributed by atoms with Crippen molar-refractivity contribution in [1.29, 1.82) is 0 Å². The first-order valence-corrected chi connectivity index (χ1v) is 12.5. The molecule has 0 spiro atoms. The Morgan fingerprint density at radius 1 is 1.25 bits per heavy atom. The molecule has 2 fully saturated rings. The van der Waals surface area contributed by atoms with Crippen LogP contribution in [0.25, 0.3) is 0 Å². The van der Waals surface area contributed by atoms with Gasteiger partial charge in [-0.05, 0) is 36.4 Å². The number of quaternary nitrogens is 1. The lowest BCUT2D eigenvalue weighted by Crippen LogP contribution is -2.68. The summed E-state index contributed by atoms with van der Waals surface area (Å²) in [5.41, 5.74) is 1.43. The molecule has 2 aromatic rings. The second kappa shape index (κ2) is 9.23. The number of aliphatic hydroxyl groups excluding tert-OH is 1. The predicted molar refractivity (Wildman–Crippen MR) is 136 cm³/mol. The fourth-order valence-electron chi connectivity index (χ4n) is 6.34. The van der Waals surface area contributed by atoms with Gasteiger partial charge in [0.2, 0.25) is 5.54 Å². The van der Waals surface area contributed by atoms with Crippen LogP contribution in [-0.2, 0) is 19.9 Å². The number of ether oxygens (including phenoxy) is 2. The summed E-state index contributed by atoms with van der Waals surface area (Å²) < 4.78 is 11.3. The lowest BCUT2D eigenvalue weighted by Gasteiger charge is -2.48. The molecule has 0 bridgehead atoms. The molecule has 0 aliphatic carbocycles. The number of rotatable bonds is 5. The quantitative estimate of drug-likeness (QED) is 0.524. The standard InChI is InChI=1S/C26H31ClN4O5/c1-28-24(33)22-14-18(32)15-31(22,2)26(19-12-16(27)4-6-21(19)29-25(26)34)20-13-17(5-7-23(20)35-3)30-8-10-36-11-9-30/h4-7,12-13,18,22,32H,8-11,14-15H2,1-3H3,(H-,28,29,33,34)/p+1/t18-,22+,26?,31?/m1/s1. The summed E-state index contributed by atoms with van der Waals surface area (Å²) in [6.07, 6.45) is -0.536. The Labute approximate surface area is 215 Å². The van der Waals surface area contributed by atoms with Crippen LogP contribution in [0.15, 0.2) is 36.4 Å². The molecule has 3 N–H and O–H groups in total. The van der Waals surface area contributed by atoms with E-state index in [9.17, 15) is 14.7 Å². The number of nitrogens with zero attached hydrogens (tertiary/aromatic N) is 2. The van der Waals surface area contributed by atoms with E-state index in [1.807, 2.05) is 25.2 Å². The summed E-state index contributed by atoms with van der Waals surface area (Å²) in [5, 5.41) is 17.1. The van der Waals surface area contributed by atoms with Crippen molar-refractivity contribution in [1.82, 2.24) is 5.32 Å². The first-order valence-electron chi connectivity index (χ1n) is 12.1. The van der Waals surface area contributed by atoms with E-state index < -0.39 is 17.7 Å². The van der Waals surface area contributed by atoms with Crippen molar-refractivity contribution < 1.29 is 28.7 Å². The Morgan fingerprint density at radius 3 is 2.69 bits per heavy atom. The largest absolute Gasteiger partial charge is 0.496 e. The highest BCUT2D eigenvalue weighted by Crippen LogP contribution is 2.55. The van der Waals surface area contributed by atoms with Gasteiger partial charge in [0.15, 0.2) is 6.04 Å². The van der Waals surface area contributed by atoms with Gasteiger partial charge < -0.3 is 30.1 Å². The topological polar surface area (TPSA) is 100 Å². The molecule has 9 nitrogen and oxygen atoms in total. The van der Waals surface area contributed by atoms with Gasteiger partial charge in [-0.1, -0.05) is 11.6 Å². The molecule has 3 aliphatic heterocycles. The summed E-state index contributed by atoms with van der Waals surface area (Å²) in [6, 6.07) is 10.4. The molecule has 2 saturated heterocycles. The van der Waals surface area contributed by atoms with Crippen LogP contribution in [0.2, 0.25) is 5.02 Å². The number of carbonyl (C=O) groups is 2. The second-order valence-corrected chi connectivity index (χ2v) is 10.2. The third-order valence-corrected chi connectivity index (χ3v) is 8.22. The average molecular weight is 516 g/mol. The van der Waals surface area contributed by atoms with Gasteiger partial charge in [0.05, 0.1) is 44.2 Å². The zero-order chi connectivity index (χ0) is 25.7.